The number of hydrogen-bond donors (Lipinski definition) is 1. The van der Waals surface area contributed by atoms with E-state index >= 15 is 0 Å². The van der Waals surface area contributed by atoms with Crippen molar-refractivity contribution < 1.29 is 18.0 Å². The van der Waals surface area contributed by atoms with Crippen molar-refractivity contribution in [1.82, 2.24) is 24.3 Å². The molecule has 2 heterocycles. The summed E-state index contributed by atoms with van der Waals surface area (Å²) in [5, 5.41) is 6.31. The first-order chi connectivity index (χ1) is 10.3. The quantitative estimate of drug-likeness (QED) is 0.730. The van der Waals surface area contributed by atoms with Crippen molar-refractivity contribution in [3.63, 3.8) is 0 Å². The van der Waals surface area contributed by atoms with Gasteiger partial charge >= 0.3 is 0 Å². The number of H-pyrrole nitrogens is 1. The van der Waals surface area contributed by atoms with Gasteiger partial charge in [-0.15, -0.1) is 0 Å². The second kappa shape index (κ2) is 6.44. The second-order valence-electron chi connectivity index (χ2n) is 5.20. The Morgan fingerprint density at radius 3 is 2.32 bits per heavy atom. The van der Waals surface area contributed by atoms with Gasteiger partial charge in [0.05, 0.1) is 11.8 Å². The van der Waals surface area contributed by atoms with Gasteiger partial charge in [-0.05, 0) is 0 Å². The maximum Gasteiger partial charge on any atom is 0.257 e. The predicted molar refractivity (Wildman–Crippen MR) is 78.5 cm³/mol. The van der Waals surface area contributed by atoms with Crippen LogP contribution in [0.4, 0.5) is 0 Å². The first kappa shape index (κ1) is 16.4. The van der Waals surface area contributed by atoms with Gasteiger partial charge < -0.3 is 9.80 Å². The topological polar surface area (TPSA) is 107 Å². The molecule has 1 saturated heterocycles. The molecule has 0 saturated carbocycles. The van der Waals surface area contributed by atoms with E-state index in [0.717, 1.165) is 4.31 Å². The molecule has 0 spiro atoms. The van der Waals surface area contributed by atoms with Gasteiger partial charge in [0.25, 0.3) is 5.91 Å². The number of piperazine rings is 1. The van der Waals surface area contributed by atoms with E-state index in [1.807, 2.05) is 0 Å². The van der Waals surface area contributed by atoms with E-state index in [-0.39, 0.29) is 5.91 Å². The molecule has 0 aliphatic carbocycles. The minimum absolute atomic E-state index is 0.151. The summed E-state index contributed by atoms with van der Waals surface area (Å²) in [6, 6.07) is 0. The Morgan fingerprint density at radius 2 is 1.82 bits per heavy atom. The summed E-state index contributed by atoms with van der Waals surface area (Å²) in [5.41, 5.74) is 0.468. The number of nitrogens with zero attached hydrogens (tertiary/aromatic N) is 4. The minimum Gasteiger partial charge on any atom is -0.338 e. The first-order valence-electron chi connectivity index (χ1n) is 6.77. The summed E-state index contributed by atoms with van der Waals surface area (Å²) >= 11 is 0. The number of sulfonamides is 1. The first-order valence-corrected chi connectivity index (χ1v) is 8.38. The summed E-state index contributed by atoms with van der Waals surface area (Å²) in [6.45, 7) is 1.40. The molecule has 10 heteroatoms. The fourth-order valence-electron chi connectivity index (χ4n) is 2.09. The molecule has 0 bridgehead atoms. The molecule has 1 aliphatic heterocycles. The number of carbonyl (C=O) groups excluding carboxylic acids is 2. The second-order valence-corrected chi connectivity index (χ2v) is 7.38. The zero-order valence-corrected chi connectivity index (χ0v) is 13.3. The lowest BCUT2D eigenvalue weighted by Gasteiger charge is -2.34. The molecule has 2 amide bonds. The third-order valence-corrected chi connectivity index (χ3v) is 5.25. The van der Waals surface area contributed by atoms with E-state index in [1.54, 1.807) is 4.90 Å². The summed E-state index contributed by atoms with van der Waals surface area (Å²) in [6.07, 6.45) is 2.97. The molecule has 1 aliphatic rings. The molecule has 0 radical (unpaired) electrons. The average molecular weight is 329 g/mol. The number of amides is 2. The molecular weight excluding hydrogens is 310 g/mol. The maximum atomic E-state index is 12.1. The van der Waals surface area contributed by atoms with Crippen LogP contribution in [0.5, 0.6) is 0 Å². The number of nitrogens with one attached hydrogen (secondary N) is 1. The van der Waals surface area contributed by atoms with Crippen molar-refractivity contribution in [2.24, 2.45) is 0 Å². The molecule has 1 aromatic rings. The van der Waals surface area contributed by atoms with E-state index in [1.165, 1.54) is 31.4 Å². The van der Waals surface area contributed by atoms with E-state index < -0.39 is 21.7 Å². The van der Waals surface area contributed by atoms with Gasteiger partial charge in [-0.2, -0.15) is 5.10 Å². The van der Waals surface area contributed by atoms with Crippen LogP contribution in [0.2, 0.25) is 0 Å². The van der Waals surface area contributed by atoms with Crippen LogP contribution in [0, 0.1) is 0 Å². The molecule has 22 heavy (non-hydrogen) atoms. The minimum atomic E-state index is -3.56. The lowest BCUT2D eigenvalue weighted by atomic mass is 10.2. The Hall–Kier alpha value is -1.94. The Bertz CT molecular complexity index is 632. The number of carbonyl (C=O) groups is 2. The summed E-state index contributed by atoms with van der Waals surface area (Å²) in [4.78, 5) is 27.2. The fraction of sp³-hybridized carbons (Fsp3) is 0.583. The molecule has 1 fully saturated rings. The highest BCUT2D eigenvalue weighted by molar-refractivity contribution is 7.89. The van der Waals surface area contributed by atoms with Crippen molar-refractivity contribution in [3.05, 3.63) is 18.0 Å². The monoisotopic (exact) mass is 329 g/mol. The van der Waals surface area contributed by atoms with Crippen LogP contribution in [0.1, 0.15) is 10.4 Å². The third kappa shape index (κ3) is 3.63. The molecule has 0 atom stereocenters. The van der Waals surface area contributed by atoms with Crippen LogP contribution in [0.3, 0.4) is 0 Å². The van der Waals surface area contributed by atoms with Gasteiger partial charge in [-0.1, -0.05) is 0 Å². The highest BCUT2D eigenvalue weighted by Crippen LogP contribution is 2.08. The molecule has 0 unspecified atom stereocenters. The molecular formula is C12H19N5O4S. The third-order valence-electron chi connectivity index (χ3n) is 3.53. The van der Waals surface area contributed by atoms with Crippen molar-refractivity contribution in [1.29, 1.82) is 0 Å². The van der Waals surface area contributed by atoms with Crippen molar-refractivity contribution in [2.45, 2.75) is 0 Å². The van der Waals surface area contributed by atoms with Gasteiger partial charge in [0.15, 0.2) is 0 Å². The number of aromatic amines is 1. The van der Waals surface area contributed by atoms with E-state index in [4.69, 9.17) is 0 Å². The van der Waals surface area contributed by atoms with Crippen LogP contribution in [-0.4, -0.2) is 90.6 Å². The average Bonchev–Trinajstić information content (AvgIpc) is 3.00. The lowest BCUT2D eigenvalue weighted by molar-refractivity contribution is -0.129. The highest BCUT2D eigenvalue weighted by atomic mass is 32.2. The lowest BCUT2D eigenvalue weighted by Crippen LogP contribution is -2.52. The van der Waals surface area contributed by atoms with Gasteiger partial charge in [0.2, 0.25) is 15.9 Å². The SMILES string of the molecule is CN(C)S(=O)(=O)CC(=O)N1CCN(C(=O)c2cn[nH]c2)CC1. The summed E-state index contributed by atoms with van der Waals surface area (Å²) in [5.74, 6) is -1.14. The van der Waals surface area contributed by atoms with Crippen LogP contribution in [0.15, 0.2) is 12.4 Å². The normalized spacial score (nSPS) is 16.1. The molecule has 1 aromatic heterocycles. The molecule has 0 aromatic carbocycles. The number of aromatic nitrogens is 2. The molecule has 2 rings (SSSR count). The predicted octanol–water partition coefficient (Wildman–Crippen LogP) is -1.41. The van der Waals surface area contributed by atoms with Crippen LogP contribution in [0.25, 0.3) is 0 Å². The Kier molecular flexibility index (Phi) is 4.81. The van der Waals surface area contributed by atoms with Crippen LogP contribution < -0.4 is 0 Å². The van der Waals surface area contributed by atoms with Crippen LogP contribution in [-0.2, 0) is 14.8 Å². The Morgan fingerprint density at radius 1 is 1.23 bits per heavy atom. The van der Waals surface area contributed by atoms with Crippen molar-refractivity contribution >= 4 is 21.8 Å². The van der Waals surface area contributed by atoms with Gasteiger partial charge in [0.1, 0.15) is 5.75 Å². The van der Waals surface area contributed by atoms with E-state index in [0.29, 0.717) is 31.7 Å². The summed E-state index contributed by atoms with van der Waals surface area (Å²) in [7, 11) is -0.777. The van der Waals surface area contributed by atoms with Gasteiger partial charge in [-0.25, -0.2) is 12.7 Å². The smallest absolute Gasteiger partial charge is 0.257 e. The summed E-state index contributed by atoms with van der Waals surface area (Å²) < 4.78 is 24.5. The molecule has 9 nitrogen and oxygen atoms in total. The maximum absolute atomic E-state index is 12.1. The van der Waals surface area contributed by atoms with Crippen molar-refractivity contribution in [3.8, 4) is 0 Å². The van der Waals surface area contributed by atoms with E-state index in [2.05, 4.69) is 10.2 Å². The van der Waals surface area contributed by atoms with Gasteiger partial charge in [0, 0.05) is 46.5 Å². The molecule has 1 N–H and O–H groups in total. The number of hydrogen-bond acceptors (Lipinski definition) is 5. The fourth-order valence-corrected chi connectivity index (χ4v) is 2.84. The van der Waals surface area contributed by atoms with Crippen molar-refractivity contribution in [2.75, 3.05) is 46.0 Å². The largest absolute Gasteiger partial charge is 0.338 e. The zero-order chi connectivity index (χ0) is 16.3. The highest BCUT2D eigenvalue weighted by Gasteiger charge is 2.28. The number of rotatable bonds is 4. The van der Waals surface area contributed by atoms with E-state index in [9.17, 15) is 18.0 Å². The molecule has 122 valence electrons. The Balaban J connectivity index is 1.89. The zero-order valence-electron chi connectivity index (χ0n) is 12.5. The Labute approximate surface area is 128 Å². The van der Waals surface area contributed by atoms with Crippen LogP contribution >= 0.6 is 0 Å². The van der Waals surface area contributed by atoms with Gasteiger partial charge in [-0.3, -0.25) is 14.7 Å². The standard InChI is InChI=1S/C12H19N5O4S/c1-15(2)22(20,21)9-11(18)16-3-5-17(6-4-16)12(19)10-7-13-14-8-10/h7-8H,3-6,9H2,1-2H3,(H,13,14).